The first kappa shape index (κ1) is 18.6. The van der Waals surface area contributed by atoms with E-state index < -0.39 is 21.9 Å². The van der Waals surface area contributed by atoms with Crippen molar-refractivity contribution >= 4 is 35.1 Å². The number of rotatable bonds is 5. The average molecular weight is 387 g/mol. The number of benzene rings is 2. The number of hydrogen-bond acceptors (Lipinski definition) is 7. The molecule has 0 bridgehead atoms. The van der Waals surface area contributed by atoms with Crippen molar-refractivity contribution in [1.82, 2.24) is 5.32 Å². The second-order valence-electron chi connectivity index (χ2n) is 5.83. The number of nitro benzene ring substituents is 1. The van der Waals surface area contributed by atoms with Crippen molar-refractivity contribution in [3.8, 4) is 11.5 Å². The molecule has 3 rings (SSSR count). The molecular formula is C18H17N3O5S. The molecule has 1 fully saturated rings. The molecule has 0 radical (unpaired) electrons. The SMILES string of the molecule is CCc1ccc(N[C@H]2NC(=O)/C(=C/c3cc([N+](=O)[O-])c(O)cc3O)S2)cc1. The summed E-state index contributed by atoms with van der Waals surface area (Å²) in [5, 5.41) is 36.3. The summed E-state index contributed by atoms with van der Waals surface area (Å²) in [6.45, 7) is 2.07. The van der Waals surface area contributed by atoms with E-state index in [1.807, 2.05) is 24.3 Å². The summed E-state index contributed by atoms with van der Waals surface area (Å²) in [6.07, 6.45) is 2.29. The lowest BCUT2D eigenvalue weighted by atomic mass is 10.1. The molecule has 1 amide bonds. The summed E-state index contributed by atoms with van der Waals surface area (Å²) < 4.78 is 0. The predicted molar refractivity (Wildman–Crippen MR) is 103 cm³/mol. The number of nitrogens with zero attached hydrogens (tertiary/aromatic N) is 1. The molecule has 27 heavy (non-hydrogen) atoms. The van der Waals surface area contributed by atoms with Gasteiger partial charge in [-0.05, 0) is 30.2 Å². The standard InChI is InChI=1S/C18H17N3O5S/c1-2-10-3-5-12(6-4-10)19-18-20-17(24)16(27-18)8-11-7-13(21(25)26)15(23)9-14(11)22/h3-9,18-19,22-23H,2H2,1H3,(H,20,24)/b16-8-/t18-/m0/s1. The van der Waals surface area contributed by atoms with Crippen LogP contribution in [0, 0.1) is 10.1 Å². The smallest absolute Gasteiger partial charge is 0.311 e. The molecule has 0 saturated carbocycles. The number of amides is 1. The van der Waals surface area contributed by atoms with Crippen molar-refractivity contribution in [3.63, 3.8) is 0 Å². The number of carbonyl (C=O) groups excluding carboxylic acids is 1. The fourth-order valence-corrected chi connectivity index (χ4v) is 3.51. The van der Waals surface area contributed by atoms with E-state index in [0.29, 0.717) is 0 Å². The van der Waals surface area contributed by atoms with Crippen molar-refractivity contribution in [2.24, 2.45) is 0 Å². The van der Waals surface area contributed by atoms with Gasteiger partial charge in [0.25, 0.3) is 5.91 Å². The van der Waals surface area contributed by atoms with Gasteiger partial charge in [0.15, 0.2) is 11.2 Å². The Balaban J connectivity index is 1.79. The Kier molecular flexibility index (Phi) is 5.22. The first-order chi connectivity index (χ1) is 12.9. The molecule has 1 heterocycles. The van der Waals surface area contributed by atoms with E-state index in [4.69, 9.17) is 0 Å². The Morgan fingerprint density at radius 1 is 1.26 bits per heavy atom. The topological polar surface area (TPSA) is 125 Å². The van der Waals surface area contributed by atoms with E-state index in [-0.39, 0.29) is 22.1 Å². The Labute approximate surface area is 159 Å². The molecule has 0 unspecified atom stereocenters. The zero-order valence-electron chi connectivity index (χ0n) is 14.3. The van der Waals surface area contributed by atoms with Gasteiger partial charge in [-0.25, -0.2) is 0 Å². The third-order valence-corrected chi connectivity index (χ3v) is 5.03. The lowest BCUT2D eigenvalue weighted by molar-refractivity contribution is -0.385. The van der Waals surface area contributed by atoms with Gasteiger partial charge in [-0.1, -0.05) is 30.8 Å². The number of nitro groups is 1. The second-order valence-corrected chi connectivity index (χ2v) is 6.98. The zero-order chi connectivity index (χ0) is 19.6. The van der Waals surface area contributed by atoms with E-state index in [2.05, 4.69) is 17.6 Å². The number of anilines is 1. The Morgan fingerprint density at radius 3 is 2.59 bits per heavy atom. The lowest BCUT2D eigenvalue weighted by Crippen LogP contribution is -2.30. The molecular weight excluding hydrogens is 370 g/mol. The van der Waals surface area contributed by atoms with Crippen LogP contribution in [0.5, 0.6) is 11.5 Å². The molecule has 2 aromatic rings. The molecule has 9 heteroatoms. The van der Waals surface area contributed by atoms with Crippen LogP contribution in [0.1, 0.15) is 18.1 Å². The first-order valence-corrected chi connectivity index (χ1v) is 9.00. The van der Waals surface area contributed by atoms with Crippen LogP contribution in [0.25, 0.3) is 6.08 Å². The highest BCUT2D eigenvalue weighted by Gasteiger charge is 2.28. The zero-order valence-corrected chi connectivity index (χ0v) is 15.1. The van der Waals surface area contributed by atoms with Gasteiger partial charge in [0.05, 0.1) is 9.83 Å². The van der Waals surface area contributed by atoms with Crippen LogP contribution >= 0.6 is 11.8 Å². The number of phenolic OH excluding ortho intramolecular Hbond substituents is 2. The third kappa shape index (κ3) is 4.14. The van der Waals surface area contributed by atoms with E-state index in [1.54, 1.807) is 0 Å². The maximum Gasteiger partial charge on any atom is 0.311 e. The largest absolute Gasteiger partial charge is 0.507 e. The minimum Gasteiger partial charge on any atom is -0.507 e. The van der Waals surface area contributed by atoms with Gasteiger partial charge in [0, 0.05) is 23.4 Å². The van der Waals surface area contributed by atoms with Crippen LogP contribution in [0.2, 0.25) is 0 Å². The lowest BCUT2D eigenvalue weighted by Gasteiger charge is -2.12. The van der Waals surface area contributed by atoms with Crippen molar-refractivity contribution in [3.05, 3.63) is 62.5 Å². The van der Waals surface area contributed by atoms with E-state index in [9.17, 15) is 25.1 Å². The van der Waals surface area contributed by atoms with Gasteiger partial charge in [-0.3, -0.25) is 14.9 Å². The van der Waals surface area contributed by atoms with Crippen LogP contribution in [0.3, 0.4) is 0 Å². The molecule has 0 aromatic heterocycles. The fraction of sp³-hybridized carbons (Fsp3) is 0.167. The highest BCUT2D eigenvalue weighted by molar-refractivity contribution is 8.05. The maximum absolute atomic E-state index is 12.2. The summed E-state index contributed by atoms with van der Waals surface area (Å²) in [4.78, 5) is 22.6. The third-order valence-electron chi connectivity index (χ3n) is 4.00. The molecule has 8 nitrogen and oxygen atoms in total. The second kappa shape index (κ2) is 7.58. The van der Waals surface area contributed by atoms with Crippen LogP contribution in [0.4, 0.5) is 11.4 Å². The first-order valence-electron chi connectivity index (χ1n) is 8.12. The monoisotopic (exact) mass is 387 g/mol. The molecule has 4 N–H and O–H groups in total. The molecule has 1 atom stereocenters. The number of aromatic hydroxyl groups is 2. The fourth-order valence-electron chi connectivity index (χ4n) is 2.54. The van der Waals surface area contributed by atoms with Gasteiger partial charge in [0.1, 0.15) is 5.75 Å². The van der Waals surface area contributed by atoms with E-state index in [0.717, 1.165) is 24.2 Å². The Hall–Kier alpha value is -3.20. The minimum absolute atomic E-state index is 0.0742. The average Bonchev–Trinajstić information content (AvgIpc) is 2.96. The van der Waals surface area contributed by atoms with Crippen molar-refractivity contribution < 1.29 is 19.9 Å². The maximum atomic E-state index is 12.2. The van der Waals surface area contributed by atoms with Crippen LogP contribution in [0.15, 0.2) is 41.3 Å². The van der Waals surface area contributed by atoms with Gasteiger partial charge in [-0.2, -0.15) is 0 Å². The van der Waals surface area contributed by atoms with Crippen LogP contribution in [-0.2, 0) is 11.2 Å². The van der Waals surface area contributed by atoms with Gasteiger partial charge < -0.3 is 20.8 Å². The Morgan fingerprint density at radius 2 is 1.96 bits per heavy atom. The number of carbonyl (C=O) groups is 1. The Bertz CT molecular complexity index is 927. The van der Waals surface area contributed by atoms with Gasteiger partial charge >= 0.3 is 5.69 Å². The molecule has 140 valence electrons. The number of nitrogens with one attached hydrogen (secondary N) is 2. The summed E-state index contributed by atoms with van der Waals surface area (Å²) in [7, 11) is 0. The summed E-state index contributed by atoms with van der Waals surface area (Å²) >= 11 is 1.19. The summed E-state index contributed by atoms with van der Waals surface area (Å²) in [5.41, 5.74) is 1.16. The highest BCUT2D eigenvalue weighted by atomic mass is 32.2. The highest BCUT2D eigenvalue weighted by Crippen LogP contribution is 2.37. The van der Waals surface area contributed by atoms with E-state index in [1.165, 1.54) is 23.4 Å². The number of aryl methyl sites for hydroxylation is 1. The number of thioether (sulfide) groups is 1. The number of phenols is 2. The van der Waals surface area contributed by atoms with Gasteiger partial charge in [0.2, 0.25) is 0 Å². The molecule has 1 saturated heterocycles. The molecule has 0 spiro atoms. The van der Waals surface area contributed by atoms with Crippen LogP contribution in [-0.4, -0.2) is 26.5 Å². The van der Waals surface area contributed by atoms with Crippen molar-refractivity contribution in [1.29, 1.82) is 0 Å². The quantitative estimate of drug-likeness (QED) is 0.353. The predicted octanol–water partition coefficient (Wildman–Crippen LogP) is 3.17. The summed E-state index contributed by atoms with van der Waals surface area (Å²) in [6, 6.07) is 9.73. The van der Waals surface area contributed by atoms with Crippen molar-refractivity contribution in [2.75, 3.05) is 5.32 Å². The molecule has 1 aliphatic rings. The minimum atomic E-state index is -0.761. The van der Waals surface area contributed by atoms with E-state index >= 15 is 0 Å². The molecule has 1 aliphatic heterocycles. The number of hydrogen-bond donors (Lipinski definition) is 4. The van der Waals surface area contributed by atoms with Gasteiger partial charge in [-0.15, -0.1) is 0 Å². The normalized spacial score (nSPS) is 17.7. The molecule has 2 aromatic carbocycles. The van der Waals surface area contributed by atoms with Crippen molar-refractivity contribution in [2.45, 2.75) is 18.8 Å². The van der Waals surface area contributed by atoms with Crippen LogP contribution < -0.4 is 10.6 Å². The summed E-state index contributed by atoms with van der Waals surface area (Å²) in [5.74, 6) is -1.36. The molecule has 0 aliphatic carbocycles.